The van der Waals surface area contributed by atoms with Gasteiger partial charge < -0.3 is 18.9 Å². The van der Waals surface area contributed by atoms with Crippen LogP contribution in [0.25, 0.3) is 0 Å². The summed E-state index contributed by atoms with van der Waals surface area (Å²) in [5.74, 6) is -0.803. The maximum absolute atomic E-state index is 12.7. The summed E-state index contributed by atoms with van der Waals surface area (Å²) in [6.45, 7) is 4.32. The molecule has 0 radical (unpaired) electrons. The number of esters is 2. The number of rotatable bonds is 43. The first-order chi connectivity index (χ1) is 28.0. The Balaban J connectivity index is 4.30. The standard InChI is InChI=1S/C48H90NO8P/c1-6-8-10-12-14-16-18-20-22-24-26-28-30-32-34-36-38-40-47(50)54-44-46(45-56-58(52,53)55-43-42-49(3,4)5)57-48(51)41-39-37-35-33-31-29-27-25-23-21-19-17-15-13-11-9-7-2/h9,11,15,17,21,23,46H,6-8,10,12-14,16,18-20,22,24-45H2,1-5H3/p+1/b11-9-,17-15-,23-21-/t46-/m1/s1. The summed E-state index contributed by atoms with van der Waals surface area (Å²) < 4.78 is 34.4. The van der Waals surface area contributed by atoms with E-state index in [1.807, 2.05) is 21.1 Å². The van der Waals surface area contributed by atoms with Crippen molar-refractivity contribution in [1.82, 2.24) is 0 Å². The van der Waals surface area contributed by atoms with Crippen LogP contribution in [-0.4, -0.2) is 74.9 Å². The van der Waals surface area contributed by atoms with E-state index in [9.17, 15) is 19.0 Å². The van der Waals surface area contributed by atoms with Gasteiger partial charge in [0.1, 0.15) is 19.8 Å². The second-order valence-corrected chi connectivity index (χ2v) is 18.6. The average Bonchev–Trinajstić information content (AvgIpc) is 3.17. The molecule has 0 aromatic heterocycles. The molecule has 9 nitrogen and oxygen atoms in total. The first kappa shape index (κ1) is 56.2. The van der Waals surface area contributed by atoms with Crippen LogP contribution in [-0.2, 0) is 32.7 Å². The first-order valence-corrected chi connectivity index (χ1v) is 25.2. The Kier molecular flexibility index (Phi) is 39.4. The lowest BCUT2D eigenvalue weighted by Crippen LogP contribution is -2.37. The van der Waals surface area contributed by atoms with Gasteiger partial charge in [0.25, 0.3) is 0 Å². The molecule has 0 aromatic carbocycles. The van der Waals surface area contributed by atoms with Crippen LogP contribution in [0.5, 0.6) is 0 Å². The number of hydrogen-bond acceptors (Lipinski definition) is 7. The molecule has 58 heavy (non-hydrogen) atoms. The third-order valence-corrected chi connectivity index (χ3v) is 11.2. The van der Waals surface area contributed by atoms with Crippen LogP contribution in [0.1, 0.15) is 206 Å². The molecule has 0 saturated carbocycles. The fraction of sp³-hybridized carbons (Fsp3) is 0.833. The molecule has 0 amide bonds. The van der Waals surface area contributed by atoms with Crippen molar-refractivity contribution in [1.29, 1.82) is 0 Å². The summed E-state index contributed by atoms with van der Waals surface area (Å²) >= 11 is 0. The van der Waals surface area contributed by atoms with Crippen LogP contribution >= 0.6 is 7.82 Å². The van der Waals surface area contributed by atoms with E-state index in [1.165, 1.54) is 109 Å². The molecule has 0 aliphatic heterocycles. The largest absolute Gasteiger partial charge is 0.472 e. The van der Waals surface area contributed by atoms with Crippen LogP contribution in [0.4, 0.5) is 0 Å². The number of phosphoric acid groups is 1. The zero-order valence-electron chi connectivity index (χ0n) is 38.3. The summed E-state index contributed by atoms with van der Waals surface area (Å²) in [6, 6.07) is 0. The van der Waals surface area contributed by atoms with Gasteiger partial charge in [0.15, 0.2) is 6.10 Å². The highest BCUT2D eigenvalue weighted by Gasteiger charge is 2.27. The van der Waals surface area contributed by atoms with E-state index in [2.05, 4.69) is 50.3 Å². The molecule has 0 rings (SSSR count). The lowest BCUT2D eigenvalue weighted by Gasteiger charge is -2.24. The molecular formula is C48H91NO8P+. The highest BCUT2D eigenvalue weighted by Crippen LogP contribution is 2.43. The number of phosphoric ester groups is 1. The molecule has 0 aliphatic carbocycles. The van der Waals surface area contributed by atoms with E-state index in [4.69, 9.17) is 18.5 Å². The second-order valence-electron chi connectivity index (χ2n) is 17.1. The molecule has 0 bridgehead atoms. The lowest BCUT2D eigenvalue weighted by molar-refractivity contribution is -0.870. The first-order valence-electron chi connectivity index (χ1n) is 23.7. The number of quaternary nitrogens is 1. The lowest BCUT2D eigenvalue weighted by atomic mass is 10.0. The summed E-state index contributed by atoms with van der Waals surface area (Å²) in [5, 5.41) is 0. The number of likely N-dealkylation sites (N-methyl/N-ethyl adjacent to an activating group) is 1. The van der Waals surface area contributed by atoms with E-state index in [0.717, 1.165) is 64.2 Å². The van der Waals surface area contributed by atoms with Crippen LogP contribution in [0.3, 0.4) is 0 Å². The monoisotopic (exact) mass is 841 g/mol. The Morgan fingerprint density at radius 3 is 1.47 bits per heavy atom. The molecule has 0 saturated heterocycles. The number of allylic oxidation sites excluding steroid dienone is 6. The topological polar surface area (TPSA) is 108 Å². The zero-order valence-corrected chi connectivity index (χ0v) is 39.2. The van der Waals surface area contributed by atoms with E-state index >= 15 is 0 Å². The van der Waals surface area contributed by atoms with Gasteiger partial charge in [-0.15, -0.1) is 0 Å². The van der Waals surface area contributed by atoms with Gasteiger partial charge in [0.2, 0.25) is 0 Å². The van der Waals surface area contributed by atoms with E-state index in [1.54, 1.807) is 0 Å². The van der Waals surface area contributed by atoms with Gasteiger partial charge in [0.05, 0.1) is 27.7 Å². The van der Waals surface area contributed by atoms with Crippen molar-refractivity contribution in [3.05, 3.63) is 36.5 Å². The van der Waals surface area contributed by atoms with Gasteiger partial charge in [0, 0.05) is 12.8 Å². The molecule has 0 fully saturated rings. The number of hydrogen-bond donors (Lipinski definition) is 1. The molecule has 10 heteroatoms. The minimum Gasteiger partial charge on any atom is -0.462 e. The normalized spacial score (nSPS) is 13.8. The number of carbonyl (C=O) groups is 2. The third-order valence-electron chi connectivity index (χ3n) is 10.2. The van der Waals surface area contributed by atoms with Gasteiger partial charge in [-0.25, -0.2) is 4.57 Å². The van der Waals surface area contributed by atoms with Crippen LogP contribution in [0.15, 0.2) is 36.5 Å². The summed E-state index contributed by atoms with van der Waals surface area (Å²) in [4.78, 5) is 35.5. The Morgan fingerprint density at radius 1 is 0.552 bits per heavy atom. The van der Waals surface area contributed by atoms with Crippen LogP contribution in [0, 0.1) is 0 Å². The predicted octanol–water partition coefficient (Wildman–Crippen LogP) is 13.7. The maximum atomic E-state index is 12.7. The number of unbranched alkanes of at least 4 members (excludes halogenated alkanes) is 23. The maximum Gasteiger partial charge on any atom is 0.472 e. The molecule has 0 aromatic rings. The Labute approximate surface area is 357 Å². The highest BCUT2D eigenvalue weighted by molar-refractivity contribution is 7.47. The minimum atomic E-state index is -4.38. The highest BCUT2D eigenvalue weighted by atomic mass is 31.2. The SMILES string of the molecule is CC/C=C\C/C=C\C/C=C\CCCCCCCCCC(=O)O[C@H](COC(=O)CCCCCCCCCCCCCCCCCCC)COP(=O)(O)OCC[N+](C)(C)C. The van der Waals surface area contributed by atoms with Crippen molar-refractivity contribution in [2.24, 2.45) is 0 Å². The van der Waals surface area contributed by atoms with E-state index in [-0.39, 0.29) is 25.6 Å². The molecule has 340 valence electrons. The van der Waals surface area contributed by atoms with Crippen molar-refractivity contribution < 1.29 is 42.1 Å². The molecule has 0 spiro atoms. The van der Waals surface area contributed by atoms with Crippen molar-refractivity contribution in [3.8, 4) is 0 Å². The zero-order chi connectivity index (χ0) is 42.8. The third kappa shape index (κ3) is 43.8. The summed E-state index contributed by atoms with van der Waals surface area (Å²) in [6.07, 6.45) is 46.1. The fourth-order valence-electron chi connectivity index (χ4n) is 6.50. The summed E-state index contributed by atoms with van der Waals surface area (Å²) in [5.41, 5.74) is 0. The van der Waals surface area contributed by atoms with Crippen molar-refractivity contribution in [2.45, 2.75) is 213 Å². The van der Waals surface area contributed by atoms with Crippen molar-refractivity contribution in [3.63, 3.8) is 0 Å². The van der Waals surface area contributed by atoms with Crippen LogP contribution in [0.2, 0.25) is 0 Å². The number of nitrogens with zero attached hydrogens (tertiary/aromatic N) is 1. The Bertz CT molecular complexity index is 1090. The Morgan fingerprint density at radius 2 is 0.983 bits per heavy atom. The van der Waals surface area contributed by atoms with Gasteiger partial charge in [-0.3, -0.25) is 18.6 Å². The molecule has 2 atom stereocenters. The van der Waals surface area contributed by atoms with Crippen molar-refractivity contribution >= 4 is 19.8 Å². The number of ether oxygens (including phenoxy) is 2. The Hall–Kier alpha value is -1.77. The molecular weight excluding hydrogens is 750 g/mol. The van der Waals surface area contributed by atoms with Gasteiger partial charge in [-0.1, -0.05) is 185 Å². The average molecular weight is 841 g/mol. The molecule has 0 aliphatic rings. The summed E-state index contributed by atoms with van der Waals surface area (Å²) in [7, 11) is 1.47. The van der Waals surface area contributed by atoms with Gasteiger partial charge in [-0.05, 0) is 44.9 Å². The molecule has 0 heterocycles. The van der Waals surface area contributed by atoms with Crippen LogP contribution < -0.4 is 0 Å². The minimum absolute atomic E-state index is 0.0303. The van der Waals surface area contributed by atoms with Crippen molar-refractivity contribution in [2.75, 3.05) is 47.5 Å². The van der Waals surface area contributed by atoms with E-state index in [0.29, 0.717) is 23.9 Å². The molecule has 1 unspecified atom stereocenters. The second kappa shape index (κ2) is 40.6. The smallest absolute Gasteiger partial charge is 0.462 e. The molecule has 1 N–H and O–H groups in total. The fourth-order valence-corrected chi connectivity index (χ4v) is 7.24. The van der Waals surface area contributed by atoms with E-state index < -0.39 is 26.5 Å². The van der Waals surface area contributed by atoms with Gasteiger partial charge >= 0.3 is 19.8 Å². The van der Waals surface area contributed by atoms with Gasteiger partial charge in [-0.2, -0.15) is 0 Å². The predicted molar refractivity (Wildman–Crippen MR) is 243 cm³/mol. The number of carbonyl (C=O) groups excluding carboxylic acids is 2. The quantitative estimate of drug-likeness (QED) is 0.0213.